The van der Waals surface area contributed by atoms with Crippen LogP contribution in [-0.4, -0.2) is 86.2 Å². The van der Waals surface area contributed by atoms with E-state index in [1.54, 1.807) is 37.1 Å². The fraction of sp³-hybridized carbons (Fsp3) is 0.310. The van der Waals surface area contributed by atoms with Gasteiger partial charge in [-0.25, -0.2) is 15.0 Å². The number of anilines is 1. The van der Waals surface area contributed by atoms with Gasteiger partial charge in [0.05, 0.1) is 27.2 Å². The SMILES string of the molecule is COc1ccc(CCNc2ncnc3c2ncn3[C@@H]2O[C@H](CO)[C@@H](O)[C@H]2NC(=O)c2ccc3[nH]ccc3c2)cc1OC. The van der Waals surface area contributed by atoms with Crippen molar-refractivity contribution in [1.29, 1.82) is 0 Å². The molecule has 4 heterocycles. The van der Waals surface area contributed by atoms with Gasteiger partial charge >= 0.3 is 0 Å². The van der Waals surface area contributed by atoms with Crippen LogP contribution in [0.1, 0.15) is 22.1 Å². The Kier molecular flexibility index (Phi) is 7.61. The van der Waals surface area contributed by atoms with Gasteiger partial charge in [-0.3, -0.25) is 9.36 Å². The van der Waals surface area contributed by atoms with E-state index < -0.39 is 31.1 Å². The molecule has 0 spiro atoms. The predicted octanol–water partition coefficient (Wildman–Crippen LogP) is 2.03. The standard InChI is InChI=1S/C29H31N7O6/c1-40-20-6-3-16(11-21(20)41-2)7-9-31-26-24-27(33-14-32-26)36(15-34-24)29-23(25(38)22(13-37)42-29)35-28(39)18-4-5-19-17(12-18)8-10-30-19/h3-6,8,10-12,14-15,22-23,25,29-30,37-38H,7,9,13H2,1-2H3,(H,35,39)(H,31,32,33)/t22-,23-,25-,29-/m1/s1. The van der Waals surface area contributed by atoms with E-state index in [-0.39, 0.29) is 5.91 Å². The Morgan fingerprint density at radius 1 is 1.10 bits per heavy atom. The van der Waals surface area contributed by atoms with Gasteiger partial charge in [-0.1, -0.05) is 6.07 Å². The third-order valence-electron chi connectivity index (χ3n) is 7.45. The molecular weight excluding hydrogens is 542 g/mol. The van der Waals surface area contributed by atoms with E-state index in [4.69, 9.17) is 14.2 Å². The van der Waals surface area contributed by atoms with E-state index in [1.165, 1.54) is 12.7 Å². The number of H-pyrrole nitrogens is 1. The summed E-state index contributed by atoms with van der Waals surface area (Å²) in [7, 11) is 3.20. The lowest BCUT2D eigenvalue weighted by molar-refractivity contribution is -0.0440. The van der Waals surface area contributed by atoms with Crippen molar-refractivity contribution >= 4 is 33.8 Å². The average molecular weight is 574 g/mol. The molecule has 1 saturated heterocycles. The van der Waals surface area contributed by atoms with Gasteiger partial charge < -0.3 is 40.0 Å². The second kappa shape index (κ2) is 11.6. The van der Waals surface area contributed by atoms with Crippen LogP contribution in [0.4, 0.5) is 5.82 Å². The number of nitrogens with zero attached hydrogens (tertiary/aromatic N) is 4. The van der Waals surface area contributed by atoms with Crippen molar-refractivity contribution in [3.8, 4) is 11.5 Å². The zero-order valence-electron chi connectivity index (χ0n) is 23.0. The predicted molar refractivity (Wildman–Crippen MR) is 154 cm³/mol. The van der Waals surface area contributed by atoms with Crippen LogP contribution in [0, 0.1) is 0 Å². The van der Waals surface area contributed by atoms with E-state index in [0.29, 0.717) is 47.0 Å². The number of carbonyl (C=O) groups is 1. The molecule has 0 aliphatic carbocycles. The Balaban J connectivity index is 1.21. The molecule has 218 valence electrons. The fourth-order valence-corrected chi connectivity index (χ4v) is 5.25. The molecule has 13 nitrogen and oxygen atoms in total. The topological polar surface area (TPSA) is 169 Å². The zero-order chi connectivity index (χ0) is 29.2. The summed E-state index contributed by atoms with van der Waals surface area (Å²) < 4.78 is 18.3. The molecule has 6 rings (SSSR count). The summed E-state index contributed by atoms with van der Waals surface area (Å²) in [6, 6.07) is 12.0. The van der Waals surface area contributed by atoms with E-state index >= 15 is 0 Å². The van der Waals surface area contributed by atoms with E-state index in [0.717, 1.165) is 16.5 Å². The van der Waals surface area contributed by atoms with Crippen LogP contribution in [0.15, 0.2) is 61.3 Å². The summed E-state index contributed by atoms with van der Waals surface area (Å²) in [6.45, 7) is 0.133. The molecule has 3 aromatic heterocycles. The van der Waals surface area contributed by atoms with Crippen molar-refractivity contribution < 1.29 is 29.2 Å². The van der Waals surface area contributed by atoms with Crippen LogP contribution in [-0.2, 0) is 11.2 Å². The number of carbonyl (C=O) groups excluding carboxylic acids is 1. The summed E-state index contributed by atoms with van der Waals surface area (Å²) in [6.07, 6.45) is 2.47. The van der Waals surface area contributed by atoms with Gasteiger partial charge in [0.2, 0.25) is 0 Å². The number of methoxy groups -OCH3 is 2. The Labute approximate surface area is 240 Å². The summed E-state index contributed by atoms with van der Waals surface area (Å²) in [5.74, 6) is 1.46. The number of rotatable bonds is 10. The number of nitrogens with one attached hydrogen (secondary N) is 3. The van der Waals surface area contributed by atoms with E-state index in [9.17, 15) is 15.0 Å². The van der Waals surface area contributed by atoms with Crippen LogP contribution in [0.5, 0.6) is 11.5 Å². The van der Waals surface area contributed by atoms with Gasteiger partial charge in [0.25, 0.3) is 5.91 Å². The molecule has 5 N–H and O–H groups in total. The first-order valence-electron chi connectivity index (χ1n) is 13.5. The first-order chi connectivity index (χ1) is 20.5. The highest BCUT2D eigenvalue weighted by molar-refractivity contribution is 5.98. The molecule has 1 aliphatic heterocycles. The van der Waals surface area contributed by atoms with Crippen molar-refractivity contribution in [3.63, 3.8) is 0 Å². The molecule has 1 amide bonds. The monoisotopic (exact) mass is 573 g/mol. The molecule has 0 radical (unpaired) electrons. The first kappa shape index (κ1) is 27.4. The maximum Gasteiger partial charge on any atom is 0.251 e. The highest BCUT2D eigenvalue weighted by Gasteiger charge is 2.46. The van der Waals surface area contributed by atoms with E-state index in [2.05, 4.69) is 30.6 Å². The smallest absolute Gasteiger partial charge is 0.251 e. The number of imidazole rings is 1. The first-order valence-corrected chi connectivity index (χ1v) is 13.5. The quantitative estimate of drug-likeness (QED) is 0.167. The lowest BCUT2D eigenvalue weighted by atomic mass is 10.1. The van der Waals surface area contributed by atoms with Gasteiger partial charge in [0, 0.05) is 29.2 Å². The summed E-state index contributed by atoms with van der Waals surface area (Å²) in [5.41, 5.74) is 3.33. The molecule has 0 unspecified atom stereocenters. The van der Waals surface area contributed by atoms with Gasteiger partial charge in [0.1, 0.15) is 24.6 Å². The number of aromatic nitrogens is 5. The third kappa shape index (κ3) is 5.09. The number of hydrogen-bond acceptors (Lipinski definition) is 10. The molecule has 42 heavy (non-hydrogen) atoms. The molecule has 1 aliphatic rings. The van der Waals surface area contributed by atoms with Crippen LogP contribution in [0.2, 0.25) is 0 Å². The number of ether oxygens (including phenoxy) is 3. The summed E-state index contributed by atoms with van der Waals surface area (Å²) >= 11 is 0. The molecular formula is C29H31N7O6. The lowest BCUT2D eigenvalue weighted by Crippen LogP contribution is -2.46. The van der Waals surface area contributed by atoms with Crippen LogP contribution < -0.4 is 20.1 Å². The third-order valence-corrected chi connectivity index (χ3v) is 7.45. The Hall–Kier alpha value is -4.72. The highest BCUT2D eigenvalue weighted by Crippen LogP contribution is 2.33. The van der Waals surface area contributed by atoms with Gasteiger partial charge in [0.15, 0.2) is 34.7 Å². The maximum absolute atomic E-state index is 13.2. The minimum Gasteiger partial charge on any atom is -0.493 e. The van der Waals surface area contributed by atoms with Gasteiger partial charge in [-0.15, -0.1) is 0 Å². The number of fused-ring (bicyclic) bond motifs is 2. The Bertz CT molecular complexity index is 1720. The van der Waals surface area contributed by atoms with Crippen LogP contribution in [0.25, 0.3) is 22.1 Å². The Morgan fingerprint density at radius 3 is 2.76 bits per heavy atom. The van der Waals surface area contributed by atoms with E-state index in [1.807, 2.05) is 30.3 Å². The second-order valence-electron chi connectivity index (χ2n) is 9.93. The molecule has 2 aromatic carbocycles. The average Bonchev–Trinajstić information content (AvgIpc) is 3.74. The van der Waals surface area contributed by atoms with Crippen molar-refractivity contribution in [1.82, 2.24) is 29.8 Å². The minimum absolute atomic E-state index is 0.383. The minimum atomic E-state index is -1.17. The zero-order valence-corrected chi connectivity index (χ0v) is 23.0. The number of hydrogen-bond donors (Lipinski definition) is 5. The molecule has 13 heteroatoms. The number of benzene rings is 2. The molecule has 0 bridgehead atoms. The van der Waals surface area contributed by atoms with Crippen molar-refractivity contribution in [2.45, 2.75) is 30.9 Å². The molecule has 0 saturated carbocycles. The highest BCUT2D eigenvalue weighted by atomic mass is 16.5. The summed E-state index contributed by atoms with van der Waals surface area (Å²) in [4.78, 5) is 29.6. The van der Waals surface area contributed by atoms with Crippen molar-refractivity contribution in [2.75, 3.05) is 32.7 Å². The Morgan fingerprint density at radius 2 is 1.95 bits per heavy atom. The number of aromatic amines is 1. The van der Waals surface area contributed by atoms with Crippen molar-refractivity contribution in [3.05, 3.63) is 72.4 Å². The number of aliphatic hydroxyl groups excluding tert-OH is 2. The number of aliphatic hydroxyl groups is 2. The van der Waals surface area contributed by atoms with Gasteiger partial charge in [-0.2, -0.15) is 0 Å². The molecule has 4 atom stereocenters. The molecule has 5 aromatic rings. The van der Waals surface area contributed by atoms with Crippen molar-refractivity contribution in [2.24, 2.45) is 0 Å². The second-order valence-corrected chi connectivity index (χ2v) is 9.93. The molecule has 1 fully saturated rings. The van der Waals surface area contributed by atoms with Crippen LogP contribution in [0.3, 0.4) is 0 Å². The van der Waals surface area contributed by atoms with Crippen LogP contribution >= 0.6 is 0 Å². The normalized spacial score (nSPS) is 20.2. The number of amides is 1. The fourth-order valence-electron chi connectivity index (χ4n) is 5.25. The lowest BCUT2D eigenvalue weighted by Gasteiger charge is -2.23. The van der Waals surface area contributed by atoms with Gasteiger partial charge in [-0.05, 0) is 48.4 Å². The largest absolute Gasteiger partial charge is 0.493 e. The summed E-state index contributed by atoms with van der Waals surface area (Å²) in [5, 5.41) is 27.9. The maximum atomic E-state index is 13.2.